The van der Waals surface area contributed by atoms with Crippen LogP contribution < -0.4 is 5.32 Å². The number of aromatic nitrogens is 1. The van der Waals surface area contributed by atoms with Gasteiger partial charge in [0.25, 0.3) is 0 Å². The van der Waals surface area contributed by atoms with Gasteiger partial charge in [0, 0.05) is 41.8 Å². The molecule has 1 aliphatic rings. The molecule has 1 saturated heterocycles. The molecule has 1 aliphatic heterocycles. The Morgan fingerprint density at radius 2 is 2.32 bits per heavy atom. The highest BCUT2D eigenvalue weighted by atomic mass is 35.5. The second kappa shape index (κ2) is 5.89. The fourth-order valence-electron chi connectivity index (χ4n) is 2.89. The molecule has 0 saturated carbocycles. The minimum absolute atomic E-state index is 0.0524. The highest BCUT2D eigenvalue weighted by molar-refractivity contribution is 6.31. The summed E-state index contributed by atoms with van der Waals surface area (Å²) in [5, 5.41) is 4.66. The molecule has 1 unspecified atom stereocenters. The fraction of sp³-hybridized carbons (Fsp3) is 0.438. The summed E-state index contributed by atoms with van der Waals surface area (Å²) in [7, 11) is 0. The Hall–Kier alpha value is -1.59. The fourth-order valence-corrected chi connectivity index (χ4v) is 3.06. The van der Waals surface area contributed by atoms with Gasteiger partial charge in [-0.2, -0.15) is 0 Å². The first kappa shape index (κ1) is 15.3. The number of aromatic amines is 1. The van der Waals surface area contributed by atoms with Crippen LogP contribution in [0.25, 0.3) is 10.9 Å². The molecule has 1 amide bonds. The maximum Gasteiger partial charge on any atom is 0.227 e. The van der Waals surface area contributed by atoms with Crippen molar-refractivity contribution in [1.82, 2.24) is 15.2 Å². The van der Waals surface area contributed by atoms with Gasteiger partial charge in [0.1, 0.15) is 5.67 Å². The third-order valence-corrected chi connectivity index (χ3v) is 4.23. The van der Waals surface area contributed by atoms with Crippen LogP contribution in [-0.2, 0) is 11.2 Å². The smallest absolute Gasteiger partial charge is 0.227 e. The summed E-state index contributed by atoms with van der Waals surface area (Å²) < 4.78 is 14.2. The first-order valence-corrected chi connectivity index (χ1v) is 7.75. The van der Waals surface area contributed by atoms with E-state index in [0.29, 0.717) is 18.1 Å². The predicted molar refractivity (Wildman–Crippen MR) is 86.0 cm³/mol. The number of rotatable bonds is 2. The van der Waals surface area contributed by atoms with Crippen molar-refractivity contribution in [3.63, 3.8) is 0 Å². The van der Waals surface area contributed by atoms with E-state index in [2.05, 4.69) is 10.3 Å². The van der Waals surface area contributed by atoms with Crippen molar-refractivity contribution < 1.29 is 9.18 Å². The molecule has 1 aromatic heterocycles. The Balaban J connectivity index is 1.77. The first-order valence-electron chi connectivity index (χ1n) is 7.37. The van der Waals surface area contributed by atoms with Crippen molar-refractivity contribution >= 4 is 28.4 Å². The number of carbonyl (C=O) groups is 1. The minimum atomic E-state index is -1.39. The zero-order chi connectivity index (χ0) is 15.7. The molecule has 1 fully saturated rings. The number of hydrogen-bond acceptors (Lipinski definition) is 2. The second-order valence-electron chi connectivity index (χ2n) is 6.09. The summed E-state index contributed by atoms with van der Waals surface area (Å²) in [5.74, 6) is -0.0524. The molecule has 4 nitrogen and oxygen atoms in total. The lowest BCUT2D eigenvalue weighted by atomic mass is 10.1. The molecule has 22 heavy (non-hydrogen) atoms. The third-order valence-electron chi connectivity index (χ3n) is 4.00. The van der Waals surface area contributed by atoms with Crippen LogP contribution in [0.4, 0.5) is 4.39 Å². The number of hydrogen-bond donors (Lipinski definition) is 2. The Morgan fingerprint density at radius 1 is 1.50 bits per heavy atom. The van der Waals surface area contributed by atoms with Crippen molar-refractivity contribution in [3.05, 3.63) is 35.0 Å². The molecule has 0 aliphatic carbocycles. The van der Waals surface area contributed by atoms with Gasteiger partial charge in [-0.15, -0.1) is 0 Å². The zero-order valence-electron chi connectivity index (χ0n) is 12.5. The van der Waals surface area contributed by atoms with E-state index in [9.17, 15) is 9.18 Å². The topological polar surface area (TPSA) is 48.1 Å². The molecular formula is C16H19ClFN3O. The number of benzene rings is 1. The van der Waals surface area contributed by atoms with E-state index < -0.39 is 5.67 Å². The van der Waals surface area contributed by atoms with Crippen LogP contribution in [0.1, 0.15) is 12.5 Å². The standard InChI is InChI=1S/C16H19ClFN3O/c1-16(18)9-19-4-5-21(10-16)15(22)6-11-8-20-14-7-12(17)2-3-13(11)14/h2-3,7-8,19-20H,4-6,9-10H2,1H3. The second-order valence-corrected chi connectivity index (χ2v) is 6.52. The van der Waals surface area contributed by atoms with Gasteiger partial charge >= 0.3 is 0 Å². The molecule has 2 heterocycles. The number of nitrogens with one attached hydrogen (secondary N) is 2. The Morgan fingerprint density at radius 3 is 3.14 bits per heavy atom. The normalized spacial score (nSPS) is 22.8. The quantitative estimate of drug-likeness (QED) is 0.892. The van der Waals surface area contributed by atoms with Gasteiger partial charge in [-0.05, 0) is 24.6 Å². The van der Waals surface area contributed by atoms with Gasteiger partial charge in [-0.25, -0.2) is 4.39 Å². The van der Waals surface area contributed by atoms with Crippen LogP contribution in [0.15, 0.2) is 24.4 Å². The summed E-state index contributed by atoms with van der Waals surface area (Å²) in [4.78, 5) is 17.2. The molecule has 0 bridgehead atoms. The number of nitrogens with zero attached hydrogens (tertiary/aromatic N) is 1. The van der Waals surface area contributed by atoms with E-state index in [4.69, 9.17) is 11.6 Å². The van der Waals surface area contributed by atoms with Gasteiger partial charge in [-0.1, -0.05) is 17.7 Å². The lowest BCUT2D eigenvalue weighted by Crippen LogP contribution is -2.42. The van der Waals surface area contributed by atoms with E-state index >= 15 is 0 Å². The van der Waals surface area contributed by atoms with E-state index in [1.165, 1.54) is 6.92 Å². The van der Waals surface area contributed by atoms with E-state index in [-0.39, 0.29) is 25.4 Å². The van der Waals surface area contributed by atoms with Crippen molar-refractivity contribution in [2.75, 3.05) is 26.2 Å². The number of halogens is 2. The SMILES string of the molecule is CC1(F)CNCCN(C(=O)Cc2c[nH]c3cc(Cl)ccc23)C1. The lowest BCUT2D eigenvalue weighted by molar-refractivity contribution is -0.131. The molecular weight excluding hydrogens is 305 g/mol. The minimum Gasteiger partial charge on any atom is -0.361 e. The summed E-state index contributed by atoms with van der Waals surface area (Å²) in [6.07, 6.45) is 2.08. The first-order chi connectivity index (χ1) is 10.4. The average Bonchev–Trinajstić information content (AvgIpc) is 2.73. The van der Waals surface area contributed by atoms with Crippen LogP contribution in [0, 0.1) is 0 Å². The van der Waals surface area contributed by atoms with Gasteiger partial charge in [0.05, 0.1) is 13.0 Å². The van der Waals surface area contributed by atoms with Crippen molar-refractivity contribution in [2.24, 2.45) is 0 Å². The number of fused-ring (bicyclic) bond motifs is 1. The Labute approximate surface area is 133 Å². The zero-order valence-corrected chi connectivity index (χ0v) is 13.2. The van der Waals surface area contributed by atoms with Crippen LogP contribution in [0.3, 0.4) is 0 Å². The predicted octanol–water partition coefficient (Wildman–Crippen LogP) is 2.52. The molecule has 3 rings (SSSR count). The summed E-state index contributed by atoms with van der Waals surface area (Å²) in [5.41, 5.74) is 0.428. The number of amides is 1. The molecule has 1 atom stereocenters. The molecule has 0 radical (unpaired) electrons. The molecule has 1 aromatic carbocycles. The average molecular weight is 324 g/mol. The summed E-state index contributed by atoms with van der Waals surface area (Å²) >= 11 is 5.96. The summed E-state index contributed by atoms with van der Waals surface area (Å²) in [6, 6.07) is 5.54. The molecule has 118 valence electrons. The van der Waals surface area contributed by atoms with Gasteiger partial charge in [0.15, 0.2) is 0 Å². The van der Waals surface area contributed by atoms with Crippen LogP contribution in [-0.4, -0.2) is 47.6 Å². The lowest BCUT2D eigenvalue weighted by Gasteiger charge is -2.26. The Bertz CT molecular complexity index is 698. The van der Waals surface area contributed by atoms with E-state index in [1.807, 2.05) is 18.3 Å². The number of alkyl halides is 1. The van der Waals surface area contributed by atoms with Gasteiger partial charge < -0.3 is 15.2 Å². The third kappa shape index (κ3) is 3.25. The van der Waals surface area contributed by atoms with Crippen molar-refractivity contribution in [2.45, 2.75) is 19.0 Å². The van der Waals surface area contributed by atoms with E-state index in [0.717, 1.165) is 16.5 Å². The Kier molecular flexibility index (Phi) is 4.10. The van der Waals surface area contributed by atoms with Crippen molar-refractivity contribution in [1.29, 1.82) is 0 Å². The van der Waals surface area contributed by atoms with Gasteiger partial charge in [-0.3, -0.25) is 4.79 Å². The summed E-state index contributed by atoms with van der Waals surface area (Å²) in [6.45, 7) is 3.09. The molecule has 0 spiro atoms. The monoisotopic (exact) mass is 323 g/mol. The maximum atomic E-state index is 14.2. The largest absolute Gasteiger partial charge is 0.361 e. The molecule has 6 heteroatoms. The highest BCUT2D eigenvalue weighted by Gasteiger charge is 2.31. The van der Waals surface area contributed by atoms with Crippen LogP contribution in [0.5, 0.6) is 0 Å². The van der Waals surface area contributed by atoms with Crippen molar-refractivity contribution in [3.8, 4) is 0 Å². The number of H-pyrrole nitrogens is 1. The van der Waals surface area contributed by atoms with Crippen LogP contribution in [0.2, 0.25) is 5.02 Å². The van der Waals surface area contributed by atoms with Crippen LogP contribution >= 0.6 is 11.6 Å². The van der Waals surface area contributed by atoms with E-state index in [1.54, 1.807) is 11.0 Å². The highest BCUT2D eigenvalue weighted by Crippen LogP contribution is 2.23. The maximum absolute atomic E-state index is 14.2. The molecule has 2 aromatic rings. The van der Waals surface area contributed by atoms with Gasteiger partial charge in [0.2, 0.25) is 5.91 Å². The molecule has 2 N–H and O–H groups in total. The number of carbonyl (C=O) groups excluding carboxylic acids is 1.